The van der Waals surface area contributed by atoms with Crippen LogP contribution < -0.4 is 5.32 Å². The van der Waals surface area contributed by atoms with Crippen molar-refractivity contribution >= 4 is 23.4 Å². The van der Waals surface area contributed by atoms with E-state index < -0.39 is 0 Å². The van der Waals surface area contributed by atoms with E-state index in [0.29, 0.717) is 44.0 Å². The Labute approximate surface area is 177 Å². The molecule has 2 saturated heterocycles. The number of carbonyl (C=O) groups is 3. The van der Waals surface area contributed by atoms with Gasteiger partial charge in [0.05, 0.1) is 0 Å². The van der Waals surface area contributed by atoms with Gasteiger partial charge in [-0.3, -0.25) is 14.4 Å². The Morgan fingerprint density at radius 2 is 1.63 bits per heavy atom. The van der Waals surface area contributed by atoms with Gasteiger partial charge in [-0.2, -0.15) is 0 Å². The molecule has 1 saturated carbocycles. The molecule has 2 heterocycles. The van der Waals surface area contributed by atoms with Crippen LogP contribution >= 0.6 is 0 Å². The average molecular weight is 414 g/mol. The Hall–Kier alpha value is -2.41. The molecule has 7 nitrogen and oxygen atoms in total. The second-order valence-electron chi connectivity index (χ2n) is 8.52. The van der Waals surface area contributed by atoms with Gasteiger partial charge in [0.25, 0.3) is 11.8 Å². The first kappa shape index (κ1) is 20.8. The second kappa shape index (κ2) is 9.60. The number of amides is 3. The lowest BCUT2D eigenvalue weighted by molar-refractivity contribution is -0.142. The first-order valence-electron chi connectivity index (χ1n) is 11.2. The molecular weight excluding hydrogens is 382 g/mol. The minimum absolute atomic E-state index is 0.0482. The van der Waals surface area contributed by atoms with Crippen molar-refractivity contribution in [2.24, 2.45) is 5.92 Å². The lowest BCUT2D eigenvalue weighted by Gasteiger charge is -2.35. The fraction of sp³-hybridized carbons (Fsp3) is 0.609. The first-order chi connectivity index (χ1) is 14.6. The van der Waals surface area contributed by atoms with E-state index in [9.17, 15) is 14.4 Å². The molecule has 1 aromatic carbocycles. The van der Waals surface area contributed by atoms with Crippen LogP contribution in [0.4, 0.5) is 5.69 Å². The fourth-order valence-electron chi connectivity index (χ4n) is 4.63. The molecule has 1 N–H and O–H groups in total. The van der Waals surface area contributed by atoms with Crippen LogP contribution in [0.5, 0.6) is 0 Å². The normalized spacial score (nSPS) is 22.7. The number of hydrogen-bond donors (Lipinski definition) is 1. The van der Waals surface area contributed by atoms with Crippen molar-refractivity contribution in [3.05, 3.63) is 29.8 Å². The van der Waals surface area contributed by atoms with Crippen LogP contribution in [0, 0.1) is 5.92 Å². The second-order valence-corrected chi connectivity index (χ2v) is 8.52. The van der Waals surface area contributed by atoms with Gasteiger partial charge in [0, 0.05) is 50.0 Å². The van der Waals surface area contributed by atoms with E-state index >= 15 is 0 Å². The molecular formula is C23H31N3O4. The van der Waals surface area contributed by atoms with Crippen molar-refractivity contribution in [2.45, 2.75) is 51.0 Å². The van der Waals surface area contributed by atoms with E-state index in [0.717, 1.165) is 38.5 Å². The van der Waals surface area contributed by atoms with Crippen molar-refractivity contribution < 1.29 is 19.1 Å². The molecule has 3 aliphatic rings. The lowest BCUT2D eigenvalue weighted by Crippen LogP contribution is -2.52. The maximum Gasteiger partial charge on any atom is 0.254 e. The predicted molar refractivity (Wildman–Crippen MR) is 113 cm³/mol. The number of piperazine rings is 1. The molecule has 1 aromatic rings. The molecule has 7 heteroatoms. The highest BCUT2D eigenvalue weighted by molar-refractivity contribution is 5.98. The topological polar surface area (TPSA) is 79.0 Å². The zero-order valence-corrected chi connectivity index (χ0v) is 17.5. The highest BCUT2D eigenvalue weighted by atomic mass is 16.5. The van der Waals surface area contributed by atoms with Crippen molar-refractivity contribution in [1.82, 2.24) is 9.80 Å². The number of nitrogens with one attached hydrogen (secondary N) is 1. The molecule has 0 aromatic heterocycles. The Morgan fingerprint density at radius 3 is 2.33 bits per heavy atom. The summed E-state index contributed by atoms with van der Waals surface area (Å²) in [5.41, 5.74) is 1.24. The number of nitrogens with zero attached hydrogens (tertiary/aromatic N) is 2. The van der Waals surface area contributed by atoms with Gasteiger partial charge in [-0.25, -0.2) is 0 Å². The third-order valence-electron chi connectivity index (χ3n) is 6.44. The Morgan fingerprint density at radius 1 is 0.900 bits per heavy atom. The van der Waals surface area contributed by atoms with Gasteiger partial charge in [-0.05, 0) is 43.9 Å². The summed E-state index contributed by atoms with van der Waals surface area (Å²) in [4.78, 5) is 41.5. The molecule has 2 aliphatic heterocycles. The van der Waals surface area contributed by atoms with E-state index in [1.807, 2.05) is 6.07 Å². The average Bonchev–Trinajstić information content (AvgIpc) is 3.34. The summed E-state index contributed by atoms with van der Waals surface area (Å²) in [6.07, 6.45) is 6.73. The molecule has 162 valence electrons. The van der Waals surface area contributed by atoms with Gasteiger partial charge in [0.2, 0.25) is 5.91 Å². The van der Waals surface area contributed by atoms with Crippen molar-refractivity contribution in [3.63, 3.8) is 0 Å². The van der Waals surface area contributed by atoms with Gasteiger partial charge in [0.1, 0.15) is 6.10 Å². The molecule has 1 aliphatic carbocycles. The zero-order valence-electron chi connectivity index (χ0n) is 17.5. The summed E-state index contributed by atoms with van der Waals surface area (Å²) in [7, 11) is 0. The highest BCUT2D eigenvalue weighted by Gasteiger charge is 2.31. The van der Waals surface area contributed by atoms with E-state index in [-0.39, 0.29) is 29.7 Å². The number of benzene rings is 1. The van der Waals surface area contributed by atoms with Gasteiger partial charge in [-0.1, -0.05) is 25.3 Å². The van der Waals surface area contributed by atoms with E-state index in [1.54, 1.807) is 28.0 Å². The Kier molecular flexibility index (Phi) is 6.67. The fourth-order valence-corrected chi connectivity index (χ4v) is 4.63. The molecule has 1 atom stereocenters. The number of ether oxygens (including phenoxy) is 1. The van der Waals surface area contributed by atoms with E-state index in [4.69, 9.17) is 4.74 Å². The third-order valence-corrected chi connectivity index (χ3v) is 6.44. The summed E-state index contributed by atoms with van der Waals surface area (Å²) in [6.45, 7) is 2.74. The monoisotopic (exact) mass is 413 g/mol. The number of rotatable bonds is 4. The number of hydrogen-bond acceptors (Lipinski definition) is 4. The van der Waals surface area contributed by atoms with E-state index in [1.165, 1.54) is 6.42 Å². The Bertz CT molecular complexity index is 776. The van der Waals surface area contributed by atoms with Gasteiger partial charge in [0.15, 0.2) is 0 Å². The van der Waals surface area contributed by atoms with Crippen LogP contribution in [0.3, 0.4) is 0 Å². The maximum absolute atomic E-state index is 13.0. The summed E-state index contributed by atoms with van der Waals surface area (Å²) in [5, 5.41) is 2.99. The van der Waals surface area contributed by atoms with Gasteiger partial charge in [-0.15, -0.1) is 0 Å². The third kappa shape index (κ3) is 4.83. The summed E-state index contributed by atoms with van der Waals surface area (Å²) < 4.78 is 5.49. The maximum atomic E-state index is 13.0. The summed E-state index contributed by atoms with van der Waals surface area (Å²) >= 11 is 0. The molecule has 0 spiro atoms. The smallest absolute Gasteiger partial charge is 0.254 e. The van der Waals surface area contributed by atoms with Crippen LogP contribution in [0.15, 0.2) is 24.3 Å². The van der Waals surface area contributed by atoms with Crippen molar-refractivity contribution in [3.8, 4) is 0 Å². The minimum Gasteiger partial charge on any atom is -0.368 e. The standard InChI is InChI=1S/C23H31N3O4/c27-21(17-6-2-1-3-7-17)24-19-9-4-8-18(16-19)22(28)25-11-13-26(14-12-25)23(29)20-10-5-15-30-20/h4,8-9,16-17,20H,1-3,5-7,10-15H2,(H,24,27). The van der Waals surface area contributed by atoms with Crippen LogP contribution in [0.25, 0.3) is 0 Å². The molecule has 4 rings (SSSR count). The quantitative estimate of drug-likeness (QED) is 0.823. The molecule has 30 heavy (non-hydrogen) atoms. The first-order valence-corrected chi connectivity index (χ1v) is 11.2. The minimum atomic E-state index is -0.309. The highest BCUT2D eigenvalue weighted by Crippen LogP contribution is 2.25. The molecule has 0 radical (unpaired) electrons. The van der Waals surface area contributed by atoms with Crippen LogP contribution in [0.2, 0.25) is 0 Å². The van der Waals surface area contributed by atoms with Crippen molar-refractivity contribution in [1.29, 1.82) is 0 Å². The molecule has 3 fully saturated rings. The summed E-state index contributed by atoms with van der Waals surface area (Å²) in [6, 6.07) is 7.17. The number of carbonyl (C=O) groups excluding carboxylic acids is 3. The zero-order chi connectivity index (χ0) is 20.9. The lowest BCUT2D eigenvalue weighted by atomic mass is 9.88. The van der Waals surface area contributed by atoms with E-state index in [2.05, 4.69) is 5.32 Å². The Balaban J connectivity index is 1.32. The van der Waals surface area contributed by atoms with Crippen molar-refractivity contribution in [2.75, 3.05) is 38.1 Å². The number of anilines is 1. The molecule has 1 unspecified atom stereocenters. The molecule has 0 bridgehead atoms. The molecule has 3 amide bonds. The van der Waals surface area contributed by atoms with Gasteiger partial charge >= 0.3 is 0 Å². The SMILES string of the molecule is O=C(Nc1cccc(C(=O)N2CCN(C(=O)C3CCCO3)CC2)c1)C1CCCCC1. The summed E-state index contributed by atoms with van der Waals surface area (Å²) in [5.74, 6) is 0.119. The van der Waals surface area contributed by atoms with Crippen LogP contribution in [-0.2, 0) is 14.3 Å². The van der Waals surface area contributed by atoms with Crippen LogP contribution in [-0.4, -0.2) is 66.4 Å². The van der Waals surface area contributed by atoms with Crippen LogP contribution in [0.1, 0.15) is 55.3 Å². The largest absolute Gasteiger partial charge is 0.368 e. The predicted octanol–water partition coefficient (Wildman–Crippen LogP) is 2.67. The van der Waals surface area contributed by atoms with Gasteiger partial charge < -0.3 is 19.9 Å².